The van der Waals surface area contributed by atoms with Gasteiger partial charge in [-0.05, 0) is 43.7 Å². The zero-order valence-corrected chi connectivity index (χ0v) is 12.4. The predicted molar refractivity (Wildman–Crippen MR) is 82.4 cm³/mol. The van der Waals surface area contributed by atoms with Crippen LogP contribution < -0.4 is 5.73 Å². The van der Waals surface area contributed by atoms with Crippen LogP contribution in [0, 0.1) is 5.92 Å². The number of amides is 1. The molecule has 1 atom stereocenters. The molecule has 2 rings (SSSR count). The van der Waals surface area contributed by atoms with Crippen molar-refractivity contribution < 1.29 is 4.79 Å². The maximum absolute atomic E-state index is 12.7. The van der Waals surface area contributed by atoms with Crippen molar-refractivity contribution in [3.05, 3.63) is 35.9 Å². The Morgan fingerprint density at radius 2 is 1.95 bits per heavy atom. The Morgan fingerprint density at radius 3 is 2.50 bits per heavy atom. The maximum Gasteiger partial charge on any atom is 0.230 e. The van der Waals surface area contributed by atoms with Crippen LogP contribution in [0.15, 0.2) is 30.3 Å². The third-order valence-corrected chi connectivity index (χ3v) is 4.41. The first-order valence-corrected chi connectivity index (χ1v) is 7.80. The van der Waals surface area contributed by atoms with Gasteiger partial charge in [0, 0.05) is 13.1 Å². The van der Waals surface area contributed by atoms with Gasteiger partial charge in [-0.3, -0.25) is 4.79 Å². The Morgan fingerprint density at radius 1 is 1.30 bits per heavy atom. The van der Waals surface area contributed by atoms with E-state index in [1.165, 1.54) is 0 Å². The van der Waals surface area contributed by atoms with Crippen LogP contribution in [0.3, 0.4) is 0 Å². The highest BCUT2D eigenvalue weighted by molar-refractivity contribution is 5.83. The number of hydrogen-bond acceptors (Lipinski definition) is 2. The van der Waals surface area contributed by atoms with E-state index in [2.05, 4.69) is 19.1 Å². The molecule has 1 aliphatic heterocycles. The molecule has 0 saturated carbocycles. The molecule has 1 aromatic rings. The number of rotatable bonds is 5. The number of nitrogens with two attached hydrogens (primary N) is 1. The highest BCUT2D eigenvalue weighted by Crippen LogP contribution is 2.26. The van der Waals surface area contributed by atoms with Gasteiger partial charge in [0.2, 0.25) is 5.91 Å². The zero-order valence-electron chi connectivity index (χ0n) is 12.4. The van der Waals surface area contributed by atoms with Gasteiger partial charge in [-0.2, -0.15) is 0 Å². The Balaban J connectivity index is 1.97. The van der Waals surface area contributed by atoms with Gasteiger partial charge in [0.05, 0.1) is 5.92 Å². The number of piperidine rings is 1. The van der Waals surface area contributed by atoms with E-state index >= 15 is 0 Å². The third kappa shape index (κ3) is 3.60. The standard InChI is InChI=1S/C17H26N2O/c1-2-16(15-6-4-3-5-7-15)17(20)19-12-9-14(8-11-18)10-13-19/h3-7,14,16H,2,8-13,18H2,1H3. The van der Waals surface area contributed by atoms with Crippen molar-refractivity contribution in [2.75, 3.05) is 19.6 Å². The lowest BCUT2D eigenvalue weighted by Crippen LogP contribution is -2.41. The van der Waals surface area contributed by atoms with Crippen LogP contribution in [0.25, 0.3) is 0 Å². The fraction of sp³-hybridized carbons (Fsp3) is 0.588. The monoisotopic (exact) mass is 274 g/mol. The molecule has 1 saturated heterocycles. The van der Waals surface area contributed by atoms with Crippen molar-refractivity contribution in [3.63, 3.8) is 0 Å². The summed E-state index contributed by atoms with van der Waals surface area (Å²) < 4.78 is 0. The normalized spacial score (nSPS) is 18.0. The summed E-state index contributed by atoms with van der Waals surface area (Å²) in [6.45, 7) is 4.65. The first kappa shape index (κ1) is 15.0. The quantitative estimate of drug-likeness (QED) is 0.897. The van der Waals surface area contributed by atoms with Gasteiger partial charge in [0.15, 0.2) is 0 Å². The Bertz CT molecular complexity index is 410. The van der Waals surface area contributed by atoms with Crippen LogP contribution in [0.1, 0.15) is 44.1 Å². The van der Waals surface area contributed by atoms with Crippen LogP contribution in [0.2, 0.25) is 0 Å². The average Bonchev–Trinajstić information content (AvgIpc) is 2.50. The predicted octanol–water partition coefficient (Wildman–Crippen LogP) is 2.77. The maximum atomic E-state index is 12.7. The van der Waals surface area contributed by atoms with Crippen LogP contribution in [-0.2, 0) is 4.79 Å². The minimum Gasteiger partial charge on any atom is -0.342 e. The molecule has 1 fully saturated rings. The van der Waals surface area contributed by atoms with Crippen molar-refractivity contribution in [1.29, 1.82) is 0 Å². The van der Waals surface area contributed by atoms with Crippen molar-refractivity contribution in [2.24, 2.45) is 11.7 Å². The molecule has 3 heteroatoms. The molecule has 1 amide bonds. The van der Waals surface area contributed by atoms with Gasteiger partial charge in [-0.15, -0.1) is 0 Å². The average molecular weight is 274 g/mol. The SMILES string of the molecule is CCC(C(=O)N1CCC(CCN)CC1)c1ccccc1. The highest BCUT2D eigenvalue weighted by Gasteiger charge is 2.27. The summed E-state index contributed by atoms with van der Waals surface area (Å²) in [7, 11) is 0. The molecule has 0 bridgehead atoms. The minimum atomic E-state index is 0.0160. The minimum absolute atomic E-state index is 0.0160. The molecule has 1 heterocycles. The van der Waals surface area contributed by atoms with Crippen molar-refractivity contribution >= 4 is 5.91 Å². The molecule has 1 aliphatic rings. The summed E-state index contributed by atoms with van der Waals surface area (Å²) in [5, 5.41) is 0. The second-order valence-corrected chi connectivity index (χ2v) is 5.72. The van der Waals surface area contributed by atoms with Crippen LogP contribution in [-0.4, -0.2) is 30.4 Å². The van der Waals surface area contributed by atoms with E-state index in [1.807, 2.05) is 23.1 Å². The largest absolute Gasteiger partial charge is 0.342 e. The van der Waals surface area contributed by atoms with E-state index in [-0.39, 0.29) is 5.92 Å². The van der Waals surface area contributed by atoms with Gasteiger partial charge >= 0.3 is 0 Å². The Kier molecular flexibility index (Phi) is 5.60. The molecule has 110 valence electrons. The number of benzene rings is 1. The molecule has 0 radical (unpaired) electrons. The van der Waals surface area contributed by atoms with E-state index in [0.717, 1.165) is 50.9 Å². The van der Waals surface area contributed by atoms with Crippen molar-refractivity contribution in [2.45, 2.75) is 38.5 Å². The lowest BCUT2D eigenvalue weighted by Gasteiger charge is -2.34. The van der Waals surface area contributed by atoms with Crippen LogP contribution in [0.5, 0.6) is 0 Å². The number of carbonyl (C=O) groups excluding carboxylic acids is 1. The molecule has 2 N–H and O–H groups in total. The number of hydrogen-bond donors (Lipinski definition) is 1. The van der Waals surface area contributed by atoms with Gasteiger partial charge < -0.3 is 10.6 Å². The van der Waals surface area contributed by atoms with E-state index in [4.69, 9.17) is 5.73 Å². The molecule has 20 heavy (non-hydrogen) atoms. The van der Waals surface area contributed by atoms with E-state index in [9.17, 15) is 4.79 Å². The smallest absolute Gasteiger partial charge is 0.230 e. The van der Waals surface area contributed by atoms with E-state index < -0.39 is 0 Å². The lowest BCUT2D eigenvalue weighted by atomic mass is 9.90. The Hall–Kier alpha value is -1.35. The first-order chi connectivity index (χ1) is 9.76. The fourth-order valence-corrected chi connectivity index (χ4v) is 3.14. The van der Waals surface area contributed by atoms with E-state index in [1.54, 1.807) is 0 Å². The molecular formula is C17H26N2O. The summed E-state index contributed by atoms with van der Waals surface area (Å²) in [4.78, 5) is 14.7. The highest BCUT2D eigenvalue weighted by atomic mass is 16.2. The van der Waals surface area contributed by atoms with Crippen molar-refractivity contribution in [1.82, 2.24) is 4.90 Å². The van der Waals surface area contributed by atoms with Crippen molar-refractivity contribution in [3.8, 4) is 0 Å². The Labute approximate surface area is 122 Å². The molecular weight excluding hydrogens is 248 g/mol. The van der Waals surface area contributed by atoms with Crippen LogP contribution >= 0.6 is 0 Å². The summed E-state index contributed by atoms with van der Waals surface area (Å²) in [5.41, 5.74) is 6.76. The van der Waals surface area contributed by atoms with Gasteiger partial charge in [-0.25, -0.2) is 0 Å². The molecule has 0 aliphatic carbocycles. The lowest BCUT2D eigenvalue weighted by molar-refractivity contribution is -0.134. The first-order valence-electron chi connectivity index (χ1n) is 7.80. The van der Waals surface area contributed by atoms with Gasteiger partial charge in [0.1, 0.15) is 0 Å². The summed E-state index contributed by atoms with van der Waals surface area (Å²) in [6.07, 6.45) is 4.17. The van der Waals surface area contributed by atoms with Crippen LogP contribution in [0.4, 0.5) is 0 Å². The van der Waals surface area contributed by atoms with Gasteiger partial charge in [0.25, 0.3) is 0 Å². The number of nitrogens with zero attached hydrogens (tertiary/aromatic N) is 1. The molecule has 1 unspecified atom stereocenters. The second kappa shape index (κ2) is 7.44. The summed E-state index contributed by atoms with van der Waals surface area (Å²) in [5.74, 6) is 1.02. The summed E-state index contributed by atoms with van der Waals surface area (Å²) in [6, 6.07) is 10.1. The number of carbonyl (C=O) groups is 1. The summed E-state index contributed by atoms with van der Waals surface area (Å²) >= 11 is 0. The molecule has 3 nitrogen and oxygen atoms in total. The molecule has 0 aromatic heterocycles. The molecule has 0 spiro atoms. The number of likely N-dealkylation sites (tertiary alicyclic amines) is 1. The zero-order chi connectivity index (χ0) is 14.4. The van der Waals surface area contributed by atoms with E-state index in [0.29, 0.717) is 11.8 Å². The molecule has 1 aromatic carbocycles. The topological polar surface area (TPSA) is 46.3 Å². The second-order valence-electron chi connectivity index (χ2n) is 5.72. The third-order valence-electron chi connectivity index (χ3n) is 4.41. The fourth-order valence-electron chi connectivity index (χ4n) is 3.14. The van der Waals surface area contributed by atoms with Gasteiger partial charge in [-0.1, -0.05) is 37.3 Å².